The molecule has 2 N–H and O–H groups in total. The van der Waals surface area contributed by atoms with Crippen molar-refractivity contribution in [1.82, 2.24) is 10.1 Å². The lowest BCUT2D eigenvalue weighted by Crippen LogP contribution is -2.33. The van der Waals surface area contributed by atoms with Gasteiger partial charge in [-0.05, 0) is 37.5 Å². The lowest BCUT2D eigenvalue weighted by atomic mass is 10.1. The number of sulfone groups is 1. The second-order valence-electron chi connectivity index (χ2n) is 7.34. The molecule has 1 fully saturated rings. The predicted octanol–water partition coefficient (Wildman–Crippen LogP) is 4.17. The number of rotatable bonds is 5. The number of aromatic nitrogens is 2. The molecular formula is C21H24ClN3O3S. The first-order valence-corrected chi connectivity index (χ1v) is 10.9. The third-order valence-electron chi connectivity index (χ3n) is 5.52. The first kappa shape index (κ1) is 21.5. The summed E-state index contributed by atoms with van der Waals surface area (Å²) in [6, 6.07) is 14.5. The Hall–Kier alpha value is -2.22. The van der Waals surface area contributed by atoms with Crippen LogP contribution in [0.2, 0.25) is 0 Å². The Morgan fingerprint density at radius 2 is 1.66 bits per heavy atom. The van der Waals surface area contributed by atoms with Crippen LogP contribution in [0.1, 0.15) is 42.7 Å². The minimum atomic E-state index is -3.66. The van der Waals surface area contributed by atoms with E-state index in [0.717, 1.165) is 29.5 Å². The molecule has 4 rings (SSSR count). The number of nitrogens with two attached hydrogens (primary N) is 1. The van der Waals surface area contributed by atoms with Gasteiger partial charge in [0.2, 0.25) is 11.7 Å². The van der Waals surface area contributed by atoms with Crippen molar-refractivity contribution in [2.45, 2.75) is 48.8 Å². The van der Waals surface area contributed by atoms with Gasteiger partial charge in [-0.25, -0.2) is 8.42 Å². The minimum absolute atomic E-state index is 0. The molecule has 0 bridgehead atoms. The van der Waals surface area contributed by atoms with E-state index in [9.17, 15) is 8.42 Å². The monoisotopic (exact) mass is 433 g/mol. The maximum Gasteiger partial charge on any atom is 0.248 e. The van der Waals surface area contributed by atoms with Crippen molar-refractivity contribution >= 4 is 22.2 Å². The number of hydrogen-bond donors (Lipinski definition) is 1. The van der Waals surface area contributed by atoms with Gasteiger partial charge < -0.3 is 10.3 Å². The molecule has 1 saturated carbocycles. The van der Waals surface area contributed by atoms with Crippen molar-refractivity contribution in [3.8, 4) is 11.4 Å². The van der Waals surface area contributed by atoms with Crippen LogP contribution in [-0.2, 0) is 21.1 Å². The van der Waals surface area contributed by atoms with E-state index in [2.05, 4.69) is 10.1 Å². The number of halogens is 1. The second-order valence-corrected chi connectivity index (χ2v) is 9.60. The Labute approximate surface area is 176 Å². The van der Waals surface area contributed by atoms with Gasteiger partial charge in [-0.2, -0.15) is 4.98 Å². The summed E-state index contributed by atoms with van der Waals surface area (Å²) in [5.41, 5.74) is 8.43. The van der Waals surface area contributed by atoms with Crippen LogP contribution in [0.3, 0.4) is 0 Å². The number of nitrogens with zero attached hydrogens (tertiary/aromatic N) is 2. The SMILES string of the molecule is Cc1ccc(S(=O)(=O)C2(c3nc(-c4ccc(CN)cc4)no3)CCCC2)cc1.Cl. The van der Waals surface area contributed by atoms with Crippen LogP contribution in [0.15, 0.2) is 57.9 Å². The Balaban J connectivity index is 0.00000240. The van der Waals surface area contributed by atoms with Crippen LogP contribution in [0.5, 0.6) is 0 Å². The molecule has 154 valence electrons. The van der Waals surface area contributed by atoms with Crippen LogP contribution in [-0.4, -0.2) is 18.6 Å². The summed E-state index contributed by atoms with van der Waals surface area (Å²) >= 11 is 0. The van der Waals surface area contributed by atoms with E-state index in [-0.39, 0.29) is 18.3 Å². The van der Waals surface area contributed by atoms with Gasteiger partial charge in [-0.1, -0.05) is 60.0 Å². The Morgan fingerprint density at radius 3 is 2.24 bits per heavy atom. The highest BCUT2D eigenvalue weighted by atomic mass is 35.5. The summed E-state index contributed by atoms with van der Waals surface area (Å²) < 4.78 is 31.5. The number of benzene rings is 2. The first-order chi connectivity index (χ1) is 13.5. The van der Waals surface area contributed by atoms with E-state index in [1.165, 1.54) is 0 Å². The zero-order valence-electron chi connectivity index (χ0n) is 16.2. The van der Waals surface area contributed by atoms with Crippen LogP contribution in [0.4, 0.5) is 0 Å². The normalized spacial score (nSPS) is 15.8. The fraction of sp³-hybridized carbons (Fsp3) is 0.333. The summed E-state index contributed by atoms with van der Waals surface area (Å²) in [6.07, 6.45) is 2.59. The average molecular weight is 434 g/mol. The molecule has 29 heavy (non-hydrogen) atoms. The Kier molecular flexibility index (Phi) is 6.12. The predicted molar refractivity (Wildman–Crippen MR) is 113 cm³/mol. The molecule has 1 aliphatic rings. The fourth-order valence-corrected chi connectivity index (χ4v) is 5.89. The molecule has 0 spiro atoms. The van der Waals surface area contributed by atoms with Crippen LogP contribution in [0, 0.1) is 6.92 Å². The van der Waals surface area contributed by atoms with Gasteiger partial charge in [-0.15, -0.1) is 12.4 Å². The van der Waals surface area contributed by atoms with Crippen molar-refractivity contribution in [3.05, 3.63) is 65.5 Å². The molecule has 1 aliphatic carbocycles. The van der Waals surface area contributed by atoms with Crippen molar-refractivity contribution < 1.29 is 12.9 Å². The highest BCUT2D eigenvalue weighted by Crippen LogP contribution is 2.48. The Morgan fingerprint density at radius 1 is 1.03 bits per heavy atom. The van der Waals surface area contributed by atoms with Crippen LogP contribution < -0.4 is 5.73 Å². The quantitative estimate of drug-likeness (QED) is 0.648. The third-order valence-corrected chi connectivity index (χ3v) is 8.02. The van der Waals surface area contributed by atoms with Crippen molar-refractivity contribution in [1.29, 1.82) is 0 Å². The van der Waals surface area contributed by atoms with Crippen molar-refractivity contribution in [3.63, 3.8) is 0 Å². The van der Waals surface area contributed by atoms with Gasteiger partial charge in [0.25, 0.3) is 0 Å². The van der Waals surface area contributed by atoms with Crippen molar-refractivity contribution in [2.75, 3.05) is 0 Å². The van der Waals surface area contributed by atoms with Crippen molar-refractivity contribution in [2.24, 2.45) is 5.73 Å². The molecule has 0 aliphatic heterocycles. The molecular weight excluding hydrogens is 410 g/mol. The summed E-state index contributed by atoms with van der Waals surface area (Å²) in [4.78, 5) is 4.81. The summed E-state index contributed by atoms with van der Waals surface area (Å²) in [5, 5.41) is 4.07. The molecule has 1 heterocycles. The summed E-state index contributed by atoms with van der Waals surface area (Å²) in [7, 11) is -3.66. The maximum absolute atomic E-state index is 13.6. The average Bonchev–Trinajstić information content (AvgIpc) is 3.39. The molecule has 0 atom stereocenters. The maximum atomic E-state index is 13.6. The minimum Gasteiger partial charge on any atom is -0.337 e. The van der Waals surface area contributed by atoms with Crippen LogP contribution in [0.25, 0.3) is 11.4 Å². The fourth-order valence-electron chi connectivity index (χ4n) is 3.80. The van der Waals surface area contributed by atoms with E-state index in [1.54, 1.807) is 12.1 Å². The van der Waals surface area contributed by atoms with Crippen LogP contribution >= 0.6 is 12.4 Å². The molecule has 6 nitrogen and oxygen atoms in total. The molecule has 8 heteroatoms. The Bertz CT molecular complexity index is 1070. The van der Waals surface area contributed by atoms with Gasteiger partial charge in [0.15, 0.2) is 14.6 Å². The topological polar surface area (TPSA) is 99.1 Å². The molecule has 2 aromatic carbocycles. The van der Waals surface area contributed by atoms with E-state index >= 15 is 0 Å². The van der Waals surface area contributed by atoms with E-state index in [0.29, 0.717) is 30.1 Å². The van der Waals surface area contributed by atoms with E-state index < -0.39 is 14.6 Å². The molecule has 0 radical (unpaired) electrons. The number of hydrogen-bond acceptors (Lipinski definition) is 6. The van der Waals surface area contributed by atoms with Gasteiger partial charge in [0.1, 0.15) is 0 Å². The number of aryl methyl sites for hydroxylation is 1. The highest BCUT2D eigenvalue weighted by Gasteiger charge is 2.52. The molecule has 1 aromatic heterocycles. The zero-order valence-corrected chi connectivity index (χ0v) is 17.8. The van der Waals surface area contributed by atoms with Gasteiger partial charge in [0.05, 0.1) is 4.90 Å². The summed E-state index contributed by atoms with van der Waals surface area (Å²) in [5.74, 6) is 0.576. The van der Waals surface area contributed by atoms with Gasteiger partial charge in [-0.3, -0.25) is 0 Å². The molecule has 0 amide bonds. The zero-order chi connectivity index (χ0) is 19.8. The largest absolute Gasteiger partial charge is 0.337 e. The summed E-state index contributed by atoms with van der Waals surface area (Å²) in [6.45, 7) is 2.39. The molecule has 0 saturated heterocycles. The standard InChI is InChI=1S/C21H23N3O3S.ClH/c1-15-4-10-18(11-5-15)28(25,26)21(12-2-3-13-21)20-23-19(24-27-20)17-8-6-16(14-22)7-9-17;/h4-11H,2-3,12-14,22H2,1H3;1H. The lowest BCUT2D eigenvalue weighted by molar-refractivity contribution is 0.330. The van der Waals surface area contributed by atoms with Gasteiger partial charge >= 0.3 is 0 Å². The van der Waals surface area contributed by atoms with E-state index in [1.807, 2.05) is 43.3 Å². The van der Waals surface area contributed by atoms with Gasteiger partial charge in [0, 0.05) is 12.1 Å². The lowest BCUT2D eigenvalue weighted by Gasteiger charge is -2.24. The highest BCUT2D eigenvalue weighted by molar-refractivity contribution is 7.92. The smallest absolute Gasteiger partial charge is 0.248 e. The van der Waals surface area contributed by atoms with E-state index in [4.69, 9.17) is 10.3 Å². The third kappa shape index (κ3) is 3.70. The molecule has 3 aromatic rings. The molecule has 0 unspecified atom stereocenters. The first-order valence-electron chi connectivity index (χ1n) is 9.41. The second kappa shape index (κ2) is 8.26.